The van der Waals surface area contributed by atoms with Crippen molar-refractivity contribution in [1.29, 1.82) is 0 Å². The minimum absolute atomic E-state index is 1.04. The Bertz CT molecular complexity index is 20.4. The van der Waals surface area contributed by atoms with E-state index < -0.39 is 5.73 Å². The third-order valence-electron chi connectivity index (χ3n) is 0. The van der Waals surface area contributed by atoms with Crippen molar-refractivity contribution < 1.29 is 0 Å². The van der Waals surface area contributed by atoms with Crippen molar-refractivity contribution in [2.24, 2.45) is 0 Å². The van der Waals surface area contributed by atoms with Crippen LogP contribution in [0, 0.1) is 0 Å². The molecule has 0 aliphatic carbocycles. The van der Waals surface area contributed by atoms with Crippen LogP contribution in [0.2, 0.25) is 0 Å². The number of hydrogen-bond donors (Lipinski definition) is 0. The summed E-state index contributed by atoms with van der Waals surface area (Å²) >= 11 is 11.1. The summed E-state index contributed by atoms with van der Waals surface area (Å²) in [6.07, 6.45) is 0. The van der Waals surface area contributed by atoms with Crippen LogP contribution in [0.25, 0.3) is 0 Å². The van der Waals surface area contributed by atoms with Crippen LogP contribution in [-0.2, 0) is 0 Å². The van der Waals surface area contributed by atoms with E-state index in [0.717, 1.165) is 19.5 Å². The Morgan fingerprint density at radius 1 is 1.20 bits per heavy atom. The molecule has 0 aromatic heterocycles. The molecule has 0 amide bonds. The fraction of sp³-hybridized carbons (Fsp3) is 0. The molecule has 0 spiro atoms. The smallest absolute Gasteiger partial charge is 0.156 e. The van der Waals surface area contributed by atoms with Crippen LogP contribution in [0.1, 0.15) is 0 Å². The van der Waals surface area contributed by atoms with E-state index in [0.29, 0.717) is 0 Å². The number of rotatable bonds is 0. The Morgan fingerprint density at radius 3 is 1.20 bits per heavy atom. The Hall–Kier alpha value is 1.23. The van der Waals surface area contributed by atoms with E-state index in [1.807, 2.05) is 0 Å². The van der Waals surface area contributed by atoms with E-state index >= 15 is 0 Å². The average Bonchev–Trinajstić information content (AvgIpc) is 0.722. The maximum atomic E-state index is 5.56. The van der Waals surface area contributed by atoms with Crippen LogP contribution in [0.3, 0.4) is 0 Å². The van der Waals surface area contributed by atoms with Crippen molar-refractivity contribution >= 4 is 47.4 Å². The zero-order valence-electron chi connectivity index (χ0n) is 3.26. The molecule has 0 saturated heterocycles. The van der Waals surface area contributed by atoms with Gasteiger partial charge in [-0.05, 0) is 0 Å². The fourth-order valence-corrected chi connectivity index (χ4v) is 0. The van der Waals surface area contributed by atoms with Gasteiger partial charge in [-0.2, -0.15) is 22.2 Å². The molecule has 0 N–H and O–H groups in total. The van der Waals surface area contributed by atoms with E-state index in [2.05, 4.69) is 0 Å². The van der Waals surface area contributed by atoms with Gasteiger partial charge in [-0.1, -0.05) is 0 Å². The van der Waals surface area contributed by atoms with Gasteiger partial charge in [0.1, 0.15) is 0 Å². The third-order valence-corrected chi connectivity index (χ3v) is 0. The highest BCUT2D eigenvalue weighted by molar-refractivity contribution is 7.78. The highest BCUT2D eigenvalue weighted by atomic mass is 35.7. The van der Waals surface area contributed by atoms with Gasteiger partial charge in [-0.25, -0.2) is 0 Å². The molecule has 0 bridgehead atoms. The molecule has 32 valence electrons. The highest BCUT2D eigenvalue weighted by Gasteiger charge is 2.08. The van der Waals surface area contributed by atoms with Crippen LogP contribution >= 0.6 is 22.2 Å². The first kappa shape index (κ1) is 6.23. The lowest BCUT2D eigenvalue weighted by atomic mass is 26.6. The Kier molecular flexibility index (Phi) is 2.23. The second-order valence-corrected chi connectivity index (χ2v) is 35.8. The van der Waals surface area contributed by atoms with Gasteiger partial charge in [-0.15, -0.1) is 0 Å². The second-order valence-electron chi connectivity index (χ2n) is 1.33. The van der Waals surface area contributed by atoms with E-state index in [4.69, 9.17) is 22.2 Å². The van der Waals surface area contributed by atoms with Crippen molar-refractivity contribution in [2.75, 3.05) is 0 Å². The topological polar surface area (TPSA) is 0 Å². The molecule has 0 nitrogen and oxygen atoms in total. The lowest BCUT2D eigenvalue weighted by Gasteiger charge is -1.93. The summed E-state index contributed by atoms with van der Waals surface area (Å²) in [5.74, 6) is 0. The van der Waals surface area contributed by atoms with Gasteiger partial charge in [-0.3, -0.25) is 0 Å². The average molecular weight is 161 g/mol. The maximum absolute atomic E-state index is 5.56. The van der Waals surface area contributed by atoms with Gasteiger partial charge < -0.3 is 0 Å². The molecule has 0 fully saturated rings. The molecule has 0 aromatic carbocycles. The first-order chi connectivity index (χ1) is 2.00. The van der Waals surface area contributed by atoms with Gasteiger partial charge in [0.15, 0.2) is 0 Å². The van der Waals surface area contributed by atoms with Crippen molar-refractivity contribution in [3.8, 4) is 0 Å². The summed E-state index contributed by atoms with van der Waals surface area (Å²) in [5, 5.41) is 0. The predicted octanol–water partition coefficient (Wildman–Crippen LogP) is -1.37. The molecule has 5 heteroatoms. The molecule has 0 aromatic rings. The SMILES string of the molecule is [SiH3][Si]([SiH3])(Cl)Cl. The third kappa shape index (κ3) is 36.0. The lowest BCUT2D eigenvalue weighted by Crippen LogP contribution is -2.18. The van der Waals surface area contributed by atoms with E-state index in [9.17, 15) is 0 Å². The quantitative estimate of drug-likeness (QED) is 0.304. The van der Waals surface area contributed by atoms with E-state index in [-0.39, 0.29) is 0 Å². The van der Waals surface area contributed by atoms with Gasteiger partial charge in [0.2, 0.25) is 5.73 Å². The van der Waals surface area contributed by atoms with Gasteiger partial charge in [0.05, 0.1) is 0 Å². The Balaban J connectivity index is 3.02. The summed E-state index contributed by atoms with van der Waals surface area (Å²) in [6, 6.07) is 0. The van der Waals surface area contributed by atoms with E-state index in [1.54, 1.807) is 0 Å². The van der Waals surface area contributed by atoms with Crippen molar-refractivity contribution in [3.05, 3.63) is 0 Å². The zero-order valence-corrected chi connectivity index (χ0v) is 9.77. The summed E-state index contributed by atoms with van der Waals surface area (Å²) in [7, 11) is 2.08. The van der Waals surface area contributed by atoms with Crippen LogP contribution in [0.4, 0.5) is 0 Å². The van der Waals surface area contributed by atoms with Gasteiger partial charge in [0.25, 0.3) is 0 Å². The summed E-state index contributed by atoms with van der Waals surface area (Å²) < 4.78 is 0. The van der Waals surface area contributed by atoms with Crippen molar-refractivity contribution in [3.63, 3.8) is 0 Å². The Morgan fingerprint density at radius 2 is 1.20 bits per heavy atom. The standard InChI is InChI=1S/Cl2H6Si3/c1-5(2,3)4/h3-4H3. The second kappa shape index (κ2) is 1.79. The molecule has 0 aliphatic heterocycles. The summed E-state index contributed by atoms with van der Waals surface area (Å²) in [5.41, 5.74) is -1.39. The molecular formula is H6Cl2Si3. The minimum Gasteiger partial charge on any atom is -0.156 e. The van der Waals surface area contributed by atoms with Gasteiger partial charge in [0, 0.05) is 19.5 Å². The number of hydrogen-bond acceptors (Lipinski definition) is 0. The molecular weight excluding hydrogens is 155 g/mol. The van der Waals surface area contributed by atoms with Crippen LogP contribution < -0.4 is 0 Å². The normalized spacial score (nSPS) is 13.2. The predicted molar refractivity (Wildman–Crippen MR) is 37.3 cm³/mol. The summed E-state index contributed by atoms with van der Waals surface area (Å²) in [6.45, 7) is 0. The molecule has 0 unspecified atom stereocenters. The van der Waals surface area contributed by atoms with Crippen LogP contribution in [0.5, 0.6) is 0 Å². The molecule has 5 heavy (non-hydrogen) atoms. The van der Waals surface area contributed by atoms with Crippen molar-refractivity contribution in [1.82, 2.24) is 0 Å². The zero-order chi connectivity index (χ0) is 4.50. The highest BCUT2D eigenvalue weighted by Crippen LogP contribution is 2.00. The lowest BCUT2D eigenvalue weighted by molar-refractivity contribution is 3.78. The molecule has 0 rings (SSSR count). The first-order valence-electron chi connectivity index (χ1n) is 1.38. The van der Waals surface area contributed by atoms with Gasteiger partial charge >= 0.3 is 0 Å². The van der Waals surface area contributed by atoms with Crippen LogP contribution in [0.15, 0.2) is 0 Å². The monoisotopic (exact) mass is 160 g/mol. The molecule has 0 atom stereocenters. The maximum Gasteiger partial charge on any atom is 0.206 e. The first-order valence-corrected chi connectivity index (χ1v) is 12.4. The minimum atomic E-state index is -1.39. The van der Waals surface area contributed by atoms with Crippen molar-refractivity contribution in [2.45, 2.75) is 0 Å². The Labute approximate surface area is 47.7 Å². The molecule has 0 heterocycles. The largest absolute Gasteiger partial charge is 0.206 e. The van der Waals surface area contributed by atoms with E-state index in [1.165, 1.54) is 0 Å². The molecule has 0 aliphatic rings. The van der Waals surface area contributed by atoms with Crippen LogP contribution in [-0.4, -0.2) is 25.2 Å². The summed E-state index contributed by atoms with van der Waals surface area (Å²) in [4.78, 5) is 0. The number of halogens is 2. The molecule has 0 saturated carbocycles. The molecule has 0 radical (unpaired) electrons. The fourth-order valence-electron chi connectivity index (χ4n) is 0.